The average molecular weight is 287 g/mol. The van der Waals surface area contributed by atoms with Crippen LogP contribution in [0.1, 0.15) is 29.0 Å². The van der Waals surface area contributed by atoms with Crippen LogP contribution in [0.3, 0.4) is 0 Å². The molecule has 0 saturated carbocycles. The smallest absolute Gasteiger partial charge is 0.360 e. The number of ether oxygens (including phenoxy) is 2. The minimum atomic E-state index is -0.454. The SMILES string of the molecule is Cc1nn(-c2ccccc2)nc1C(=O)OC[C@H]1CCCO1. The summed E-state index contributed by atoms with van der Waals surface area (Å²) < 4.78 is 10.7. The van der Waals surface area contributed by atoms with Crippen LogP contribution >= 0.6 is 0 Å². The standard InChI is InChI=1S/C15H17N3O3/c1-11-14(15(19)21-10-13-8-5-9-20-13)17-18(16-11)12-6-3-2-4-7-12/h2-4,6-7,13H,5,8-10H2,1H3/t13-/m1/s1. The Labute approximate surface area is 122 Å². The molecule has 6 nitrogen and oxygen atoms in total. The summed E-state index contributed by atoms with van der Waals surface area (Å²) in [5, 5.41) is 8.47. The van der Waals surface area contributed by atoms with Crippen LogP contribution in [0.5, 0.6) is 0 Å². The lowest BCUT2D eigenvalue weighted by Gasteiger charge is -2.08. The fourth-order valence-electron chi connectivity index (χ4n) is 2.26. The third kappa shape index (κ3) is 3.11. The van der Waals surface area contributed by atoms with Crippen LogP contribution in [0, 0.1) is 6.92 Å². The fourth-order valence-corrected chi connectivity index (χ4v) is 2.26. The highest BCUT2D eigenvalue weighted by atomic mass is 16.6. The summed E-state index contributed by atoms with van der Waals surface area (Å²) in [6, 6.07) is 9.45. The molecule has 0 bridgehead atoms. The number of carbonyl (C=O) groups is 1. The average Bonchev–Trinajstić information content (AvgIpc) is 3.15. The fraction of sp³-hybridized carbons (Fsp3) is 0.400. The van der Waals surface area contributed by atoms with Gasteiger partial charge in [0.25, 0.3) is 0 Å². The predicted octanol–water partition coefficient (Wildman–Crippen LogP) is 1.91. The van der Waals surface area contributed by atoms with E-state index in [1.165, 1.54) is 4.80 Å². The van der Waals surface area contributed by atoms with Crippen molar-refractivity contribution in [2.24, 2.45) is 0 Å². The molecular formula is C15H17N3O3. The summed E-state index contributed by atoms with van der Waals surface area (Å²) in [5.41, 5.74) is 1.60. The lowest BCUT2D eigenvalue weighted by molar-refractivity contribution is 0.0155. The molecule has 2 heterocycles. The van der Waals surface area contributed by atoms with Gasteiger partial charge in [0.2, 0.25) is 0 Å². The number of hydrogen-bond acceptors (Lipinski definition) is 5. The van der Waals surface area contributed by atoms with E-state index in [4.69, 9.17) is 9.47 Å². The van der Waals surface area contributed by atoms with Crippen LogP contribution < -0.4 is 0 Å². The molecule has 2 aromatic rings. The predicted molar refractivity (Wildman–Crippen MR) is 75.4 cm³/mol. The molecule has 1 aromatic heterocycles. The largest absolute Gasteiger partial charge is 0.458 e. The second kappa shape index (κ2) is 6.05. The summed E-state index contributed by atoms with van der Waals surface area (Å²) in [4.78, 5) is 13.5. The number of para-hydroxylation sites is 1. The highest BCUT2D eigenvalue weighted by molar-refractivity contribution is 5.88. The van der Waals surface area contributed by atoms with Gasteiger partial charge in [-0.15, -0.1) is 5.10 Å². The minimum Gasteiger partial charge on any atom is -0.458 e. The summed E-state index contributed by atoms with van der Waals surface area (Å²) in [6.45, 7) is 2.76. The second-order valence-corrected chi connectivity index (χ2v) is 4.99. The molecule has 110 valence electrons. The van der Waals surface area contributed by atoms with Crippen LogP contribution in [0.2, 0.25) is 0 Å². The van der Waals surface area contributed by atoms with Crippen LogP contribution in [-0.4, -0.2) is 40.3 Å². The number of esters is 1. The highest BCUT2D eigenvalue weighted by Crippen LogP contribution is 2.14. The van der Waals surface area contributed by atoms with Crippen molar-refractivity contribution in [1.82, 2.24) is 15.0 Å². The molecule has 1 aliphatic heterocycles. The van der Waals surface area contributed by atoms with E-state index in [0.29, 0.717) is 5.69 Å². The molecule has 1 fully saturated rings. The van der Waals surface area contributed by atoms with Gasteiger partial charge in [0.1, 0.15) is 6.61 Å². The third-order valence-electron chi connectivity index (χ3n) is 3.39. The van der Waals surface area contributed by atoms with Crippen LogP contribution in [0.4, 0.5) is 0 Å². The first-order chi connectivity index (χ1) is 10.2. The van der Waals surface area contributed by atoms with Gasteiger partial charge in [0, 0.05) is 6.61 Å². The van der Waals surface area contributed by atoms with Crippen molar-refractivity contribution in [3.05, 3.63) is 41.7 Å². The van der Waals surface area contributed by atoms with Gasteiger partial charge in [-0.1, -0.05) is 18.2 Å². The van der Waals surface area contributed by atoms with E-state index in [2.05, 4.69) is 10.2 Å². The molecule has 21 heavy (non-hydrogen) atoms. The number of nitrogens with zero attached hydrogens (tertiary/aromatic N) is 3. The van der Waals surface area contributed by atoms with Gasteiger partial charge in [-0.3, -0.25) is 0 Å². The van der Waals surface area contributed by atoms with Crippen molar-refractivity contribution >= 4 is 5.97 Å². The summed E-state index contributed by atoms with van der Waals surface area (Å²) >= 11 is 0. The van der Waals surface area contributed by atoms with E-state index >= 15 is 0 Å². The zero-order valence-electron chi connectivity index (χ0n) is 11.9. The van der Waals surface area contributed by atoms with Crippen molar-refractivity contribution in [1.29, 1.82) is 0 Å². The van der Waals surface area contributed by atoms with Gasteiger partial charge >= 0.3 is 5.97 Å². The maximum atomic E-state index is 12.1. The van der Waals surface area contributed by atoms with Gasteiger partial charge in [-0.2, -0.15) is 9.90 Å². The van der Waals surface area contributed by atoms with Crippen LogP contribution in [-0.2, 0) is 9.47 Å². The number of carbonyl (C=O) groups excluding carboxylic acids is 1. The third-order valence-corrected chi connectivity index (χ3v) is 3.39. The first-order valence-corrected chi connectivity index (χ1v) is 7.02. The molecule has 1 aliphatic rings. The molecule has 6 heteroatoms. The maximum absolute atomic E-state index is 12.1. The minimum absolute atomic E-state index is 0.0124. The molecule has 0 radical (unpaired) electrons. The number of hydrogen-bond donors (Lipinski definition) is 0. The molecule has 1 aromatic carbocycles. The Kier molecular flexibility index (Phi) is 3.96. The first kappa shape index (κ1) is 13.8. The number of rotatable bonds is 4. The maximum Gasteiger partial charge on any atom is 0.360 e. The Morgan fingerprint density at radius 1 is 1.38 bits per heavy atom. The van der Waals surface area contributed by atoms with E-state index in [1.54, 1.807) is 6.92 Å². The van der Waals surface area contributed by atoms with E-state index < -0.39 is 5.97 Å². The Hall–Kier alpha value is -2.21. The number of aromatic nitrogens is 3. The van der Waals surface area contributed by atoms with E-state index in [1.807, 2.05) is 30.3 Å². The number of benzene rings is 1. The molecule has 0 spiro atoms. The molecule has 1 saturated heterocycles. The zero-order valence-corrected chi connectivity index (χ0v) is 11.9. The quantitative estimate of drug-likeness (QED) is 0.804. The van der Waals surface area contributed by atoms with Gasteiger partial charge in [-0.25, -0.2) is 4.79 Å². The Bertz CT molecular complexity index is 618. The van der Waals surface area contributed by atoms with Crippen molar-refractivity contribution in [3.8, 4) is 5.69 Å². The Morgan fingerprint density at radius 2 is 2.19 bits per heavy atom. The van der Waals surface area contributed by atoms with E-state index in [9.17, 15) is 4.79 Å². The van der Waals surface area contributed by atoms with E-state index in [-0.39, 0.29) is 18.4 Å². The lowest BCUT2D eigenvalue weighted by atomic mass is 10.2. The van der Waals surface area contributed by atoms with Gasteiger partial charge in [-0.05, 0) is 31.9 Å². The van der Waals surface area contributed by atoms with Crippen molar-refractivity contribution in [2.45, 2.75) is 25.9 Å². The van der Waals surface area contributed by atoms with Crippen molar-refractivity contribution < 1.29 is 14.3 Å². The second-order valence-electron chi connectivity index (χ2n) is 4.99. The van der Waals surface area contributed by atoms with Crippen LogP contribution in [0.25, 0.3) is 5.69 Å². The summed E-state index contributed by atoms with van der Waals surface area (Å²) in [7, 11) is 0. The van der Waals surface area contributed by atoms with E-state index in [0.717, 1.165) is 25.1 Å². The molecule has 0 unspecified atom stereocenters. The molecule has 0 amide bonds. The van der Waals surface area contributed by atoms with Crippen molar-refractivity contribution in [2.75, 3.05) is 13.2 Å². The first-order valence-electron chi connectivity index (χ1n) is 7.02. The van der Waals surface area contributed by atoms with Crippen molar-refractivity contribution in [3.63, 3.8) is 0 Å². The Morgan fingerprint density at radius 3 is 2.90 bits per heavy atom. The molecular weight excluding hydrogens is 270 g/mol. The monoisotopic (exact) mass is 287 g/mol. The topological polar surface area (TPSA) is 66.2 Å². The zero-order chi connectivity index (χ0) is 14.7. The molecule has 1 atom stereocenters. The summed E-state index contributed by atoms with van der Waals surface area (Å²) in [6.07, 6.45) is 1.97. The van der Waals surface area contributed by atoms with Gasteiger partial charge in [0.05, 0.1) is 17.5 Å². The molecule has 3 rings (SSSR count). The van der Waals surface area contributed by atoms with Gasteiger partial charge in [0.15, 0.2) is 5.69 Å². The Balaban J connectivity index is 1.70. The lowest BCUT2D eigenvalue weighted by Crippen LogP contribution is -2.18. The van der Waals surface area contributed by atoms with Crippen LogP contribution in [0.15, 0.2) is 30.3 Å². The molecule has 0 N–H and O–H groups in total. The molecule has 0 aliphatic carbocycles. The van der Waals surface area contributed by atoms with Gasteiger partial charge < -0.3 is 9.47 Å². The highest BCUT2D eigenvalue weighted by Gasteiger charge is 2.21. The normalized spacial score (nSPS) is 17.9. The summed E-state index contributed by atoms with van der Waals surface area (Å²) in [5.74, 6) is -0.454. The number of aryl methyl sites for hydroxylation is 1.